The van der Waals surface area contributed by atoms with Gasteiger partial charge in [-0.1, -0.05) is 43.3 Å². The number of nitrogens with zero attached hydrogens (tertiary/aromatic N) is 1. The fourth-order valence-electron chi connectivity index (χ4n) is 1.95. The first kappa shape index (κ1) is 18.5. The van der Waals surface area contributed by atoms with Crippen molar-refractivity contribution in [3.63, 3.8) is 0 Å². The van der Waals surface area contributed by atoms with Crippen molar-refractivity contribution in [3.05, 3.63) is 48.6 Å². The molecule has 0 aliphatic heterocycles. The molecule has 0 aliphatic rings. The Bertz CT molecular complexity index is 313. The van der Waals surface area contributed by atoms with Gasteiger partial charge in [0.25, 0.3) is 0 Å². The van der Waals surface area contributed by atoms with Gasteiger partial charge in [0.2, 0.25) is 0 Å². The maximum absolute atomic E-state index is 3.98. The molecule has 1 rings (SSSR count). The molecule has 17 heavy (non-hydrogen) atoms. The summed E-state index contributed by atoms with van der Waals surface area (Å²) in [5.74, 6) is 0. The lowest BCUT2D eigenvalue weighted by Crippen LogP contribution is -2.43. The summed E-state index contributed by atoms with van der Waals surface area (Å²) >= 11 is 0. The zero-order valence-electron chi connectivity index (χ0n) is 10.9. The SMILES string of the molecule is C=CC(CC)(Cc1ccccc1)N(C)C.Cl.O. The molecule has 0 saturated heterocycles. The van der Waals surface area contributed by atoms with Crippen molar-refractivity contribution in [1.82, 2.24) is 4.90 Å². The molecule has 1 aromatic carbocycles. The van der Waals surface area contributed by atoms with Crippen LogP contribution in [0.2, 0.25) is 0 Å². The fourth-order valence-corrected chi connectivity index (χ4v) is 1.95. The third-order valence-electron chi connectivity index (χ3n) is 3.24. The Kier molecular flexibility index (Phi) is 9.04. The fraction of sp³-hybridized carbons (Fsp3) is 0.429. The molecule has 1 atom stereocenters. The van der Waals surface area contributed by atoms with Crippen molar-refractivity contribution < 1.29 is 5.48 Å². The molecule has 0 bridgehead atoms. The quantitative estimate of drug-likeness (QED) is 0.747. The normalized spacial score (nSPS) is 13.2. The molecular weight excluding hydrogens is 234 g/mol. The monoisotopic (exact) mass is 257 g/mol. The van der Waals surface area contributed by atoms with Crippen molar-refractivity contribution in [2.45, 2.75) is 25.3 Å². The number of benzene rings is 1. The van der Waals surface area contributed by atoms with Crippen LogP contribution in [0.3, 0.4) is 0 Å². The Balaban J connectivity index is 0. The van der Waals surface area contributed by atoms with Crippen LogP contribution in [0.1, 0.15) is 18.9 Å². The first-order valence-electron chi connectivity index (χ1n) is 5.49. The molecule has 0 aliphatic carbocycles. The summed E-state index contributed by atoms with van der Waals surface area (Å²) in [6.45, 7) is 6.19. The van der Waals surface area contributed by atoms with E-state index in [1.54, 1.807) is 0 Å². The Hall–Kier alpha value is -0.830. The van der Waals surface area contributed by atoms with Gasteiger partial charge in [-0.2, -0.15) is 0 Å². The molecule has 0 fully saturated rings. The smallest absolute Gasteiger partial charge is 0.0420 e. The predicted molar refractivity (Wildman–Crippen MR) is 77.9 cm³/mol. The van der Waals surface area contributed by atoms with E-state index in [0.29, 0.717) is 0 Å². The van der Waals surface area contributed by atoms with Gasteiger partial charge < -0.3 is 5.48 Å². The van der Waals surface area contributed by atoms with Gasteiger partial charge in [-0.05, 0) is 32.5 Å². The maximum atomic E-state index is 3.98. The van der Waals surface area contributed by atoms with Crippen LogP contribution in [0.15, 0.2) is 43.0 Å². The lowest BCUT2D eigenvalue weighted by atomic mass is 9.87. The van der Waals surface area contributed by atoms with Crippen LogP contribution >= 0.6 is 12.4 Å². The van der Waals surface area contributed by atoms with Gasteiger partial charge in [0.1, 0.15) is 0 Å². The van der Waals surface area contributed by atoms with Crippen molar-refractivity contribution in [2.24, 2.45) is 0 Å². The van der Waals surface area contributed by atoms with E-state index in [2.05, 4.69) is 68.9 Å². The van der Waals surface area contributed by atoms with E-state index in [1.165, 1.54) is 5.56 Å². The van der Waals surface area contributed by atoms with E-state index < -0.39 is 0 Å². The molecule has 0 aromatic heterocycles. The molecule has 0 amide bonds. The number of likely N-dealkylation sites (N-methyl/N-ethyl adjacent to an activating group) is 1. The molecule has 0 radical (unpaired) electrons. The standard InChI is InChI=1S/C14H21N.ClH.H2O/c1-5-14(6-2,15(3)4)12-13-10-8-7-9-11-13;;/h5,7-11H,1,6,12H2,2-4H3;1H;1H2. The van der Waals surface area contributed by atoms with Gasteiger partial charge in [-0.25, -0.2) is 0 Å². The summed E-state index contributed by atoms with van der Waals surface area (Å²) in [6.07, 6.45) is 4.18. The van der Waals surface area contributed by atoms with E-state index in [1.807, 2.05) is 0 Å². The summed E-state index contributed by atoms with van der Waals surface area (Å²) in [7, 11) is 4.24. The molecule has 1 aromatic rings. The Morgan fingerprint density at radius 2 is 1.76 bits per heavy atom. The highest BCUT2D eigenvalue weighted by atomic mass is 35.5. The molecule has 2 N–H and O–H groups in total. The second-order valence-electron chi connectivity index (χ2n) is 4.22. The molecule has 0 spiro atoms. The lowest BCUT2D eigenvalue weighted by Gasteiger charge is -2.36. The molecule has 98 valence electrons. The Morgan fingerprint density at radius 3 is 2.12 bits per heavy atom. The minimum absolute atomic E-state index is 0. The Labute approximate surface area is 111 Å². The second-order valence-corrected chi connectivity index (χ2v) is 4.22. The van der Waals surface area contributed by atoms with E-state index in [9.17, 15) is 0 Å². The van der Waals surface area contributed by atoms with Crippen LogP contribution < -0.4 is 0 Å². The average molecular weight is 258 g/mol. The molecule has 0 saturated carbocycles. The molecular formula is C14H24ClNO. The minimum Gasteiger partial charge on any atom is -0.412 e. The molecule has 0 heterocycles. The Morgan fingerprint density at radius 1 is 1.24 bits per heavy atom. The molecule has 1 unspecified atom stereocenters. The van der Waals surface area contributed by atoms with Crippen LogP contribution in [0.5, 0.6) is 0 Å². The van der Waals surface area contributed by atoms with Crippen LogP contribution in [0.25, 0.3) is 0 Å². The summed E-state index contributed by atoms with van der Waals surface area (Å²) < 4.78 is 0. The minimum atomic E-state index is 0. The van der Waals surface area contributed by atoms with E-state index in [4.69, 9.17) is 0 Å². The van der Waals surface area contributed by atoms with E-state index in [-0.39, 0.29) is 23.4 Å². The van der Waals surface area contributed by atoms with Crippen LogP contribution in [-0.4, -0.2) is 30.0 Å². The zero-order chi connectivity index (χ0) is 11.3. The number of halogens is 1. The zero-order valence-corrected chi connectivity index (χ0v) is 11.8. The summed E-state index contributed by atoms with van der Waals surface area (Å²) in [5, 5.41) is 0. The first-order valence-corrected chi connectivity index (χ1v) is 5.49. The summed E-state index contributed by atoms with van der Waals surface area (Å²) in [4.78, 5) is 2.26. The molecule has 2 nitrogen and oxygen atoms in total. The van der Waals surface area contributed by atoms with Crippen molar-refractivity contribution >= 4 is 12.4 Å². The summed E-state index contributed by atoms with van der Waals surface area (Å²) in [6, 6.07) is 10.6. The van der Waals surface area contributed by atoms with Gasteiger partial charge in [0.05, 0.1) is 0 Å². The van der Waals surface area contributed by atoms with Crippen LogP contribution in [-0.2, 0) is 6.42 Å². The highest BCUT2D eigenvalue weighted by molar-refractivity contribution is 5.85. The number of hydrogen-bond acceptors (Lipinski definition) is 1. The number of rotatable bonds is 5. The van der Waals surface area contributed by atoms with E-state index in [0.717, 1.165) is 12.8 Å². The highest BCUT2D eigenvalue weighted by Gasteiger charge is 2.26. The van der Waals surface area contributed by atoms with Gasteiger partial charge in [-0.3, -0.25) is 4.90 Å². The summed E-state index contributed by atoms with van der Waals surface area (Å²) in [5.41, 5.74) is 1.45. The number of hydrogen-bond donors (Lipinski definition) is 0. The highest BCUT2D eigenvalue weighted by Crippen LogP contribution is 2.23. The maximum Gasteiger partial charge on any atom is 0.0420 e. The van der Waals surface area contributed by atoms with Gasteiger partial charge in [0, 0.05) is 5.54 Å². The third kappa shape index (κ3) is 4.50. The van der Waals surface area contributed by atoms with Crippen molar-refractivity contribution in [1.29, 1.82) is 0 Å². The van der Waals surface area contributed by atoms with E-state index >= 15 is 0 Å². The van der Waals surface area contributed by atoms with Crippen LogP contribution in [0.4, 0.5) is 0 Å². The van der Waals surface area contributed by atoms with Gasteiger partial charge in [-0.15, -0.1) is 19.0 Å². The predicted octanol–water partition coefficient (Wildman–Crippen LogP) is 2.72. The average Bonchev–Trinajstić information content (AvgIpc) is 2.27. The van der Waals surface area contributed by atoms with Crippen molar-refractivity contribution in [2.75, 3.05) is 14.1 Å². The van der Waals surface area contributed by atoms with Crippen LogP contribution in [0, 0.1) is 0 Å². The topological polar surface area (TPSA) is 34.7 Å². The molecule has 3 heteroatoms. The van der Waals surface area contributed by atoms with Gasteiger partial charge in [0.15, 0.2) is 0 Å². The second kappa shape index (κ2) is 8.29. The third-order valence-corrected chi connectivity index (χ3v) is 3.24. The lowest BCUT2D eigenvalue weighted by molar-refractivity contribution is 0.200. The van der Waals surface area contributed by atoms with Gasteiger partial charge >= 0.3 is 0 Å². The largest absolute Gasteiger partial charge is 0.412 e. The van der Waals surface area contributed by atoms with Crippen molar-refractivity contribution in [3.8, 4) is 0 Å². The first-order chi connectivity index (χ1) is 7.14.